The molecule has 6 heteroatoms. The number of phosphoric acid groups is 1. The van der Waals surface area contributed by atoms with E-state index in [1.165, 1.54) is 0 Å². The van der Waals surface area contributed by atoms with Gasteiger partial charge in [-0.2, -0.15) is 0 Å². The summed E-state index contributed by atoms with van der Waals surface area (Å²) in [6.45, 7) is 3.22. The van der Waals surface area contributed by atoms with E-state index in [-0.39, 0.29) is 13.2 Å². The van der Waals surface area contributed by atoms with Crippen LogP contribution in [0.15, 0.2) is 0 Å². The van der Waals surface area contributed by atoms with Gasteiger partial charge in [0.05, 0.1) is 13.2 Å². The van der Waals surface area contributed by atoms with Gasteiger partial charge in [-0.3, -0.25) is 9.05 Å². The summed E-state index contributed by atoms with van der Waals surface area (Å²) in [6, 6.07) is 0. The molecule has 0 amide bonds. The molecule has 90 valence electrons. The second-order valence-electron chi connectivity index (χ2n) is 4.15. The third kappa shape index (κ3) is 5.09. The standard InChI is InChI=1S/C9H20NO4P/c1-8-2-4-13-15(11,12)14-5-3-9(6-8)7-10/h8-9H,2-7,10H2,1H3,(H,11,12)/t8-,9+/m0/s1. The van der Waals surface area contributed by atoms with Crippen LogP contribution < -0.4 is 5.73 Å². The van der Waals surface area contributed by atoms with Crippen molar-refractivity contribution in [1.29, 1.82) is 0 Å². The van der Waals surface area contributed by atoms with Crippen molar-refractivity contribution in [1.82, 2.24) is 0 Å². The third-order valence-electron chi connectivity index (χ3n) is 2.71. The molecule has 15 heavy (non-hydrogen) atoms. The molecule has 0 aromatic carbocycles. The van der Waals surface area contributed by atoms with Gasteiger partial charge in [0.25, 0.3) is 0 Å². The maximum atomic E-state index is 11.3. The Morgan fingerprint density at radius 3 is 2.60 bits per heavy atom. The lowest BCUT2D eigenvalue weighted by molar-refractivity contribution is 0.122. The lowest BCUT2D eigenvalue weighted by Crippen LogP contribution is -2.20. The van der Waals surface area contributed by atoms with Crippen LogP contribution in [0.3, 0.4) is 0 Å². The first kappa shape index (κ1) is 13.1. The Morgan fingerprint density at radius 2 is 2.00 bits per heavy atom. The molecule has 0 radical (unpaired) electrons. The number of rotatable bonds is 1. The molecule has 0 aromatic heterocycles. The first-order chi connectivity index (χ1) is 7.03. The lowest BCUT2D eigenvalue weighted by Gasteiger charge is -2.22. The van der Waals surface area contributed by atoms with Gasteiger partial charge < -0.3 is 10.6 Å². The SMILES string of the molecule is C[C@H]1CCOP(=O)(O)OCC[C@@H](CN)C1. The van der Waals surface area contributed by atoms with Crippen LogP contribution in [0.5, 0.6) is 0 Å². The summed E-state index contributed by atoms with van der Waals surface area (Å²) in [4.78, 5) is 9.22. The van der Waals surface area contributed by atoms with Crippen molar-refractivity contribution >= 4 is 7.82 Å². The minimum atomic E-state index is -3.81. The van der Waals surface area contributed by atoms with E-state index >= 15 is 0 Å². The van der Waals surface area contributed by atoms with Crippen molar-refractivity contribution in [3.63, 3.8) is 0 Å². The zero-order valence-corrected chi connectivity index (χ0v) is 9.99. The van der Waals surface area contributed by atoms with Gasteiger partial charge >= 0.3 is 7.82 Å². The van der Waals surface area contributed by atoms with E-state index < -0.39 is 7.82 Å². The monoisotopic (exact) mass is 237 g/mol. The van der Waals surface area contributed by atoms with Gasteiger partial charge in [0.1, 0.15) is 0 Å². The Balaban J connectivity index is 2.51. The highest BCUT2D eigenvalue weighted by molar-refractivity contribution is 7.47. The van der Waals surface area contributed by atoms with E-state index in [2.05, 4.69) is 6.92 Å². The maximum absolute atomic E-state index is 11.3. The summed E-state index contributed by atoms with van der Waals surface area (Å²) in [5, 5.41) is 0. The van der Waals surface area contributed by atoms with Crippen LogP contribution in [0.1, 0.15) is 26.2 Å². The second-order valence-corrected chi connectivity index (χ2v) is 5.61. The molecule has 3 N–H and O–H groups in total. The van der Waals surface area contributed by atoms with Crippen molar-refractivity contribution < 1.29 is 18.5 Å². The van der Waals surface area contributed by atoms with Gasteiger partial charge in [-0.05, 0) is 37.6 Å². The molecule has 1 fully saturated rings. The molecule has 0 saturated carbocycles. The van der Waals surface area contributed by atoms with Gasteiger partial charge in [0.15, 0.2) is 0 Å². The fourth-order valence-corrected chi connectivity index (χ4v) is 2.51. The van der Waals surface area contributed by atoms with Gasteiger partial charge in [-0.1, -0.05) is 6.92 Å². The molecule has 0 bridgehead atoms. The molecule has 1 aliphatic heterocycles. The smallest absolute Gasteiger partial charge is 0.330 e. The Bertz CT molecular complexity index is 236. The van der Waals surface area contributed by atoms with Crippen LogP contribution in [0, 0.1) is 11.8 Å². The number of phosphoric ester groups is 1. The predicted octanol–water partition coefficient (Wildman–Crippen LogP) is 1.51. The lowest BCUT2D eigenvalue weighted by atomic mass is 9.92. The molecule has 1 rings (SSSR count). The maximum Gasteiger partial charge on any atom is 0.472 e. The average Bonchev–Trinajstić information content (AvgIpc) is 2.15. The van der Waals surface area contributed by atoms with Gasteiger partial charge in [-0.25, -0.2) is 4.57 Å². The van der Waals surface area contributed by atoms with E-state index in [1.54, 1.807) is 0 Å². The van der Waals surface area contributed by atoms with Gasteiger partial charge in [-0.15, -0.1) is 0 Å². The highest BCUT2D eigenvalue weighted by Crippen LogP contribution is 2.44. The topological polar surface area (TPSA) is 81.8 Å². The highest BCUT2D eigenvalue weighted by Gasteiger charge is 2.24. The van der Waals surface area contributed by atoms with E-state index in [0.717, 1.165) is 19.3 Å². The summed E-state index contributed by atoms with van der Waals surface area (Å²) < 4.78 is 20.9. The van der Waals surface area contributed by atoms with Crippen molar-refractivity contribution in [3.05, 3.63) is 0 Å². The fraction of sp³-hybridized carbons (Fsp3) is 1.00. The Morgan fingerprint density at radius 1 is 1.40 bits per heavy atom. The molecule has 0 aromatic rings. The van der Waals surface area contributed by atoms with Crippen LogP contribution in [0.25, 0.3) is 0 Å². The summed E-state index contributed by atoms with van der Waals surface area (Å²) in [5.74, 6) is 0.842. The number of hydrogen-bond acceptors (Lipinski definition) is 4. The molecule has 1 aliphatic rings. The second kappa shape index (κ2) is 5.97. The molecule has 0 aliphatic carbocycles. The van der Waals surface area contributed by atoms with E-state index in [4.69, 9.17) is 14.8 Å². The van der Waals surface area contributed by atoms with Crippen LogP contribution in [-0.4, -0.2) is 24.7 Å². The van der Waals surface area contributed by atoms with E-state index in [9.17, 15) is 9.46 Å². The molecule has 5 nitrogen and oxygen atoms in total. The molecule has 1 unspecified atom stereocenters. The highest BCUT2D eigenvalue weighted by atomic mass is 31.2. The Hall–Kier alpha value is 0.0700. The minimum Gasteiger partial charge on any atom is -0.330 e. The summed E-state index contributed by atoms with van der Waals surface area (Å²) in [6.07, 6.45) is 2.51. The molecule has 0 spiro atoms. The first-order valence-corrected chi connectivity index (χ1v) is 6.85. The van der Waals surface area contributed by atoms with Crippen LogP contribution in [-0.2, 0) is 13.6 Å². The van der Waals surface area contributed by atoms with Crippen LogP contribution in [0.2, 0.25) is 0 Å². The predicted molar refractivity (Wildman–Crippen MR) is 57.3 cm³/mol. The summed E-state index contributed by atoms with van der Waals surface area (Å²) in [7, 11) is -3.81. The zero-order valence-electron chi connectivity index (χ0n) is 9.09. The van der Waals surface area contributed by atoms with Crippen molar-refractivity contribution in [2.24, 2.45) is 17.6 Å². The van der Waals surface area contributed by atoms with Crippen molar-refractivity contribution in [3.8, 4) is 0 Å². The average molecular weight is 237 g/mol. The normalized spacial score (nSPS) is 39.9. The van der Waals surface area contributed by atoms with Crippen molar-refractivity contribution in [2.75, 3.05) is 19.8 Å². The molecule has 3 atom stereocenters. The van der Waals surface area contributed by atoms with E-state index in [0.29, 0.717) is 18.4 Å². The molecular weight excluding hydrogens is 217 g/mol. The Kier molecular flexibility index (Phi) is 5.23. The minimum absolute atomic E-state index is 0.238. The number of nitrogens with two attached hydrogens (primary N) is 1. The summed E-state index contributed by atoms with van der Waals surface area (Å²) in [5.41, 5.74) is 5.63. The quantitative estimate of drug-likeness (QED) is 0.675. The zero-order chi connectivity index (χ0) is 11.3. The van der Waals surface area contributed by atoms with E-state index in [1.807, 2.05) is 0 Å². The number of hydrogen-bond donors (Lipinski definition) is 2. The molecule has 1 saturated heterocycles. The molecule has 1 heterocycles. The third-order valence-corrected chi connectivity index (χ3v) is 3.73. The van der Waals surface area contributed by atoms with Crippen molar-refractivity contribution in [2.45, 2.75) is 26.2 Å². The van der Waals surface area contributed by atoms with Crippen LogP contribution >= 0.6 is 7.82 Å². The fourth-order valence-electron chi connectivity index (χ4n) is 1.76. The van der Waals surface area contributed by atoms with Crippen LogP contribution in [0.4, 0.5) is 0 Å². The Labute approximate surface area is 90.6 Å². The summed E-state index contributed by atoms with van der Waals surface area (Å²) >= 11 is 0. The largest absolute Gasteiger partial charge is 0.472 e. The van der Waals surface area contributed by atoms with Gasteiger partial charge in [0, 0.05) is 0 Å². The first-order valence-electron chi connectivity index (χ1n) is 5.35. The molecular formula is C9H20NO4P. The van der Waals surface area contributed by atoms with Gasteiger partial charge in [0.2, 0.25) is 0 Å².